The van der Waals surface area contributed by atoms with E-state index in [0.29, 0.717) is 6.54 Å². The van der Waals surface area contributed by atoms with Crippen LogP contribution in [0.25, 0.3) is 0 Å². The first-order valence-corrected chi connectivity index (χ1v) is 5.00. The highest BCUT2D eigenvalue weighted by Crippen LogP contribution is 2.10. The number of pyridine rings is 1. The zero-order chi connectivity index (χ0) is 11.4. The molecule has 0 spiro atoms. The minimum Gasteiger partial charge on any atom is -0.364 e. The number of halogens is 1. The summed E-state index contributed by atoms with van der Waals surface area (Å²) in [5.41, 5.74) is 1.62. The standard InChI is InChI=1S/C11H12FN3O/c1-8(11-3-2-9(12)6-14-11)13-7-10-4-5-16-15-10/h2-6,8,13H,7H2,1H3. The van der Waals surface area contributed by atoms with Gasteiger partial charge in [-0.2, -0.15) is 0 Å². The van der Waals surface area contributed by atoms with Crippen molar-refractivity contribution in [3.63, 3.8) is 0 Å². The van der Waals surface area contributed by atoms with Crippen LogP contribution in [0.4, 0.5) is 4.39 Å². The molecule has 2 heterocycles. The Hall–Kier alpha value is -1.75. The molecule has 0 amide bonds. The van der Waals surface area contributed by atoms with Crippen LogP contribution in [-0.2, 0) is 6.54 Å². The first-order valence-electron chi connectivity index (χ1n) is 5.00. The molecule has 2 aromatic rings. The zero-order valence-electron chi connectivity index (χ0n) is 8.85. The summed E-state index contributed by atoms with van der Waals surface area (Å²) in [4.78, 5) is 4.00. The molecule has 2 rings (SSSR count). The Morgan fingerprint density at radius 3 is 2.94 bits per heavy atom. The summed E-state index contributed by atoms with van der Waals surface area (Å²) in [6.07, 6.45) is 2.74. The van der Waals surface area contributed by atoms with Gasteiger partial charge in [-0.05, 0) is 19.1 Å². The monoisotopic (exact) mass is 221 g/mol. The molecule has 84 valence electrons. The van der Waals surface area contributed by atoms with Crippen LogP contribution in [-0.4, -0.2) is 10.1 Å². The van der Waals surface area contributed by atoms with Gasteiger partial charge < -0.3 is 9.84 Å². The van der Waals surface area contributed by atoms with E-state index in [1.165, 1.54) is 18.5 Å². The molecule has 0 fully saturated rings. The summed E-state index contributed by atoms with van der Waals surface area (Å²) in [5.74, 6) is -0.326. The number of nitrogens with one attached hydrogen (secondary N) is 1. The average Bonchev–Trinajstić information content (AvgIpc) is 2.80. The van der Waals surface area contributed by atoms with Crippen LogP contribution in [0.15, 0.2) is 35.2 Å². The fourth-order valence-corrected chi connectivity index (χ4v) is 1.33. The Labute approximate surface area is 92.5 Å². The van der Waals surface area contributed by atoms with E-state index in [9.17, 15) is 4.39 Å². The van der Waals surface area contributed by atoms with Crippen molar-refractivity contribution in [3.8, 4) is 0 Å². The number of aromatic nitrogens is 2. The molecule has 1 unspecified atom stereocenters. The van der Waals surface area contributed by atoms with E-state index in [4.69, 9.17) is 4.52 Å². The van der Waals surface area contributed by atoms with Gasteiger partial charge in [0, 0.05) is 18.7 Å². The molecule has 0 saturated carbocycles. The van der Waals surface area contributed by atoms with Crippen LogP contribution in [0.3, 0.4) is 0 Å². The van der Waals surface area contributed by atoms with Crippen LogP contribution in [0.1, 0.15) is 24.4 Å². The van der Waals surface area contributed by atoms with Crippen LogP contribution in [0.5, 0.6) is 0 Å². The fraction of sp³-hybridized carbons (Fsp3) is 0.273. The molecule has 0 aromatic carbocycles. The van der Waals surface area contributed by atoms with Gasteiger partial charge in [-0.15, -0.1) is 0 Å². The van der Waals surface area contributed by atoms with E-state index in [1.54, 1.807) is 12.1 Å². The fourth-order valence-electron chi connectivity index (χ4n) is 1.33. The van der Waals surface area contributed by atoms with E-state index in [2.05, 4.69) is 15.5 Å². The van der Waals surface area contributed by atoms with Crippen molar-refractivity contribution >= 4 is 0 Å². The smallest absolute Gasteiger partial charge is 0.141 e. The predicted molar refractivity (Wildman–Crippen MR) is 56.0 cm³/mol. The lowest BCUT2D eigenvalue weighted by Crippen LogP contribution is -2.19. The summed E-state index contributed by atoms with van der Waals surface area (Å²) in [7, 11) is 0. The number of nitrogens with zero attached hydrogens (tertiary/aromatic N) is 2. The van der Waals surface area contributed by atoms with Crippen molar-refractivity contribution in [2.45, 2.75) is 19.5 Å². The summed E-state index contributed by atoms with van der Waals surface area (Å²) in [5, 5.41) is 6.99. The third kappa shape index (κ3) is 2.64. The van der Waals surface area contributed by atoms with Crippen molar-refractivity contribution < 1.29 is 8.91 Å². The van der Waals surface area contributed by atoms with E-state index < -0.39 is 0 Å². The van der Waals surface area contributed by atoms with Gasteiger partial charge in [-0.3, -0.25) is 4.98 Å². The van der Waals surface area contributed by atoms with E-state index in [1.807, 2.05) is 6.92 Å². The highest BCUT2D eigenvalue weighted by Gasteiger charge is 2.07. The molecule has 5 heteroatoms. The Kier molecular flexibility index (Phi) is 3.26. The predicted octanol–water partition coefficient (Wildman–Crippen LogP) is 2.06. The van der Waals surface area contributed by atoms with Gasteiger partial charge in [0.2, 0.25) is 0 Å². The second kappa shape index (κ2) is 4.85. The molecule has 16 heavy (non-hydrogen) atoms. The number of hydrogen-bond donors (Lipinski definition) is 1. The van der Waals surface area contributed by atoms with E-state index in [0.717, 1.165) is 11.4 Å². The third-order valence-electron chi connectivity index (χ3n) is 2.27. The summed E-state index contributed by atoms with van der Waals surface area (Å²) in [6.45, 7) is 2.55. The van der Waals surface area contributed by atoms with Gasteiger partial charge in [0.1, 0.15) is 12.1 Å². The lowest BCUT2D eigenvalue weighted by atomic mass is 10.2. The Bertz CT molecular complexity index is 427. The molecule has 1 atom stereocenters. The molecule has 0 bridgehead atoms. The quantitative estimate of drug-likeness (QED) is 0.858. The minimum atomic E-state index is -0.326. The second-order valence-corrected chi connectivity index (χ2v) is 3.49. The van der Waals surface area contributed by atoms with Crippen molar-refractivity contribution in [2.75, 3.05) is 0 Å². The Morgan fingerprint density at radius 1 is 1.44 bits per heavy atom. The molecular weight excluding hydrogens is 209 g/mol. The van der Waals surface area contributed by atoms with Crippen LogP contribution in [0, 0.1) is 5.82 Å². The van der Waals surface area contributed by atoms with Gasteiger partial charge in [0.05, 0.1) is 17.6 Å². The third-order valence-corrected chi connectivity index (χ3v) is 2.27. The maximum absolute atomic E-state index is 12.7. The normalized spacial score (nSPS) is 12.6. The van der Waals surface area contributed by atoms with Crippen molar-refractivity contribution in [1.29, 1.82) is 0 Å². The first kappa shape index (κ1) is 10.8. The summed E-state index contributed by atoms with van der Waals surface area (Å²) < 4.78 is 17.4. The number of rotatable bonds is 4. The van der Waals surface area contributed by atoms with Gasteiger partial charge in [-0.1, -0.05) is 5.16 Å². The molecule has 0 aliphatic heterocycles. The average molecular weight is 221 g/mol. The van der Waals surface area contributed by atoms with Crippen molar-refractivity contribution in [3.05, 3.63) is 47.9 Å². The van der Waals surface area contributed by atoms with Crippen molar-refractivity contribution in [2.24, 2.45) is 0 Å². The molecule has 0 aliphatic rings. The van der Waals surface area contributed by atoms with Crippen LogP contribution in [0.2, 0.25) is 0 Å². The molecule has 0 aliphatic carbocycles. The molecule has 1 N–H and O–H groups in total. The van der Waals surface area contributed by atoms with Crippen LogP contribution >= 0.6 is 0 Å². The molecular formula is C11H12FN3O. The Balaban J connectivity index is 1.93. The lowest BCUT2D eigenvalue weighted by molar-refractivity contribution is 0.405. The van der Waals surface area contributed by atoms with Crippen molar-refractivity contribution in [1.82, 2.24) is 15.5 Å². The number of hydrogen-bond acceptors (Lipinski definition) is 4. The SMILES string of the molecule is CC(NCc1ccon1)c1ccc(F)cn1. The van der Waals surface area contributed by atoms with E-state index >= 15 is 0 Å². The lowest BCUT2D eigenvalue weighted by Gasteiger charge is -2.11. The molecule has 2 aromatic heterocycles. The molecule has 0 radical (unpaired) electrons. The largest absolute Gasteiger partial charge is 0.364 e. The van der Waals surface area contributed by atoms with Gasteiger partial charge in [0.25, 0.3) is 0 Å². The second-order valence-electron chi connectivity index (χ2n) is 3.49. The highest BCUT2D eigenvalue weighted by atomic mass is 19.1. The minimum absolute atomic E-state index is 0.0392. The maximum Gasteiger partial charge on any atom is 0.141 e. The summed E-state index contributed by atoms with van der Waals surface area (Å²) >= 11 is 0. The molecule has 0 saturated heterocycles. The van der Waals surface area contributed by atoms with Gasteiger partial charge in [-0.25, -0.2) is 4.39 Å². The zero-order valence-corrected chi connectivity index (χ0v) is 8.85. The molecule has 4 nitrogen and oxygen atoms in total. The highest BCUT2D eigenvalue weighted by molar-refractivity contribution is 5.09. The topological polar surface area (TPSA) is 51.0 Å². The maximum atomic E-state index is 12.7. The first-order chi connectivity index (χ1) is 7.75. The van der Waals surface area contributed by atoms with Gasteiger partial charge in [0.15, 0.2) is 0 Å². The Morgan fingerprint density at radius 2 is 2.31 bits per heavy atom. The van der Waals surface area contributed by atoms with E-state index in [-0.39, 0.29) is 11.9 Å². The van der Waals surface area contributed by atoms with Gasteiger partial charge >= 0.3 is 0 Å². The summed E-state index contributed by atoms with van der Waals surface area (Å²) in [6, 6.07) is 4.89. The van der Waals surface area contributed by atoms with Crippen LogP contribution < -0.4 is 5.32 Å².